The zero-order valence-electron chi connectivity index (χ0n) is 10.1. The van der Waals surface area contributed by atoms with Crippen LogP contribution in [0.5, 0.6) is 0 Å². The van der Waals surface area contributed by atoms with Crippen molar-refractivity contribution < 1.29 is 13.6 Å². The lowest BCUT2D eigenvalue weighted by Crippen LogP contribution is -2.50. The second-order valence-electron chi connectivity index (χ2n) is 4.42. The molecule has 0 spiro atoms. The molecule has 100 valence electrons. The Morgan fingerprint density at radius 1 is 1.47 bits per heavy atom. The number of oxime groups is 1. The van der Waals surface area contributed by atoms with Crippen LogP contribution in [0.1, 0.15) is 39.0 Å². The largest absolute Gasteiger partial charge is 0.409 e. The van der Waals surface area contributed by atoms with Gasteiger partial charge in [-0.15, -0.1) is 0 Å². The molecule has 0 heterocycles. The van der Waals surface area contributed by atoms with Crippen molar-refractivity contribution in [2.45, 2.75) is 45.1 Å². The van der Waals surface area contributed by atoms with Crippen molar-refractivity contribution >= 4 is 15.9 Å². The molecule has 1 fully saturated rings. The quantitative estimate of drug-likeness (QED) is 0.293. The highest BCUT2D eigenvalue weighted by molar-refractivity contribution is 7.89. The summed E-state index contributed by atoms with van der Waals surface area (Å²) in [4.78, 5) is 0. The number of nitrogens with zero attached hydrogens (tertiary/aromatic N) is 1. The maximum Gasteiger partial charge on any atom is 0.211 e. The maximum absolute atomic E-state index is 11.6. The summed E-state index contributed by atoms with van der Waals surface area (Å²) in [6.07, 6.45) is 5.11. The predicted molar refractivity (Wildman–Crippen MR) is 66.4 cm³/mol. The number of sulfonamides is 1. The zero-order valence-corrected chi connectivity index (χ0v) is 10.9. The Morgan fingerprint density at radius 3 is 2.53 bits per heavy atom. The van der Waals surface area contributed by atoms with Crippen LogP contribution in [0.15, 0.2) is 5.16 Å². The Labute approximate surface area is 102 Å². The van der Waals surface area contributed by atoms with Crippen LogP contribution in [0.25, 0.3) is 0 Å². The monoisotopic (exact) mass is 263 g/mol. The van der Waals surface area contributed by atoms with Crippen molar-refractivity contribution in [2.24, 2.45) is 16.8 Å². The van der Waals surface area contributed by atoms with Gasteiger partial charge in [-0.3, -0.25) is 0 Å². The van der Waals surface area contributed by atoms with Crippen molar-refractivity contribution in [3.05, 3.63) is 0 Å². The minimum absolute atomic E-state index is 0.00503. The number of nitrogens with one attached hydrogen (secondary N) is 1. The molecular formula is C10H21N3O3S. The fraction of sp³-hybridized carbons (Fsp3) is 0.900. The molecule has 17 heavy (non-hydrogen) atoms. The van der Waals surface area contributed by atoms with E-state index in [1.54, 1.807) is 6.92 Å². The first-order chi connectivity index (χ1) is 8.00. The van der Waals surface area contributed by atoms with E-state index in [-0.39, 0.29) is 17.5 Å². The molecule has 1 atom stereocenters. The fourth-order valence-corrected chi connectivity index (χ4v) is 3.07. The summed E-state index contributed by atoms with van der Waals surface area (Å²) in [7, 11) is -3.35. The Bertz CT molecular complexity index is 361. The summed E-state index contributed by atoms with van der Waals surface area (Å²) >= 11 is 0. The molecule has 1 saturated carbocycles. The molecule has 0 amide bonds. The molecule has 0 aliphatic heterocycles. The van der Waals surface area contributed by atoms with Gasteiger partial charge in [-0.25, -0.2) is 13.1 Å². The van der Waals surface area contributed by atoms with Gasteiger partial charge >= 0.3 is 0 Å². The molecule has 1 rings (SSSR count). The zero-order chi connectivity index (χ0) is 12.9. The highest BCUT2D eigenvalue weighted by atomic mass is 32.2. The number of hydrogen-bond donors (Lipinski definition) is 3. The fourth-order valence-electron chi connectivity index (χ4n) is 2.20. The lowest BCUT2D eigenvalue weighted by molar-refractivity contribution is 0.297. The second-order valence-corrected chi connectivity index (χ2v) is 6.46. The summed E-state index contributed by atoms with van der Waals surface area (Å²) < 4.78 is 25.7. The molecule has 7 heteroatoms. The van der Waals surface area contributed by atoms with Gasteiger partial charge in [-0.05, 0) is 25.7 Å². The lowest BCUT2D eigenvalue weighted by atomic mass is 9.84. The van der Waals surface area contributed by atoms with E-state index in [1.165, 1.54) is 6.42 Å². The number of amidine groups is 1. The second kappa shape index (κ2) is 6.20. The van der Waals surface area contributed by atoms with Crippen LogP contribution < -0.4 is 10.5 Å². The van der Waals surface area contributed by atoms with E-state index in [1.807, 2.05) is 0 Å². The van der Waals surface area contributed by atoms with Crippen LogP contribution in [-0.4, -0.2) is 31.3 Å². The molecule has 6 nitrogen and oxygen atoms in total. The van der Waals surface area contributed by atoms with E-state index in [2.05, 4.69) is 9.88 Å². The summed E-state index contributed by atoms with van der Waals surface area (Å²) in [6, 6.07) is -0.578. The van der Waals surface area contributed by atoms with Crippen molar-refractivity contribution in [2.75, 3.05) is 5.75 Å². The van der Waals surface area contributed by atoms with Crippen LogP contribution in [0.4, 0.5) is 0 Å². The van der Waals surface area contributed by atoms with Gasteiger partial charge < -0.3 is 10.9 Å². The smallest absolute Gasteiger partial charge is 0.211 e. The van der Waals surface area contributed by atoms with Crippen LogP contribution >= 0.6 is 0 Å². The van der Waals surface area contributed by atoms with Crippen molar-refractivity contribution in [1.82, 2.24) is 4.72 Å². The molecule has 0 radical (unpaired) electrons. The number of hydrogen-bond acceptors (Lipinski definition) is 4. The van der Waals surface area contributed by atoms with Crippen LogP contribution in [0, 0.1) is 5.92 Å². The van der Waals surface area contributed by atoms with Crippen LogP contribution in [0.3, 0.4) is 0 Å². The normalized spacial score (nSPS) is 21.4. The predicted octanol–water partition coefficient (Wildman–Crippen LogP) is 0.621. The van der Waals surface area contributed by atoms with Gasteiger partial charge in [0.2, 0.25) is 10.0 Å². The van der Waals surface area contributed by atoms with Gasteiger partial charge in [-0.2, -0.15) is 0 Å². The minimum Gasteiger partial charge on any atom is -0.409 e. The summed E-state index contributed by atoms with van der Waals surface area (Å²) in [5.74, 6) is 0.0736. The van der Waals surface area contributed by atoms with Crippen molar-refractivity contribution in [1.29, 1.82) is 0 Å². The Morgan fingerprint density at radius 2 is 2.06 bits per heavy atom. The SMILES string of the molecule is CCS(=O)(=O)NC(/C(N)=N/O)C1CCCCC1. The van der Waals surface area contributed by atoms with Crippen molar-refractivity contribution in [3.8, 4) is 0 Å². The molecule has 0 aromatic heterocycles. The van der Waals surface area contributed by atoms with E-state index in [4.69, 9.17) is 10.9 Å². The molecule has 0 saturated heterocycles. The third-order valence-electron chi connectivity index (χ3n) is 3.24. The van der Waals surface area contributed by atoms with Gasteiger partial charge in [0, 0.05) is 0 Å². The molecule has 1 unspecified atom stereocenters. The number of nitrogens with two attached hydrogens (primary N) is 1. The third kappa shape index (κ3) is 4.16. The molecular weight excluding hydrogens is 242 g/mol. The number of rotatable bonds is 5. The summed E-state index contributed by atoms with van der Waals surface area (Å²) in [6.45, 7) is 1.56. The van der Waals surface area contributed by atoms with Gasteiger partial charge in [0.15, 0.2) is 5.84 Å². The first kappa shape index (κ1) is 14.2. The van der Waals surface area contributed by atoms with Crippen LogP contribution in [0.2, 0.25) is 0 Å². The third-order valence-corrected chi connectivity index (χ3v) is 4.62. The van der Waals surface area contributed by atoms with E-state index < -0.39 is 16.1 Å². The van der Waals surface area contributed by atoms with Gasteiger partial charge in [-0.1, -0.05) is 24.4 Å². The maximum atomic E-state index is 11.6. The van der Waals surface area contributed by atoms with Crippen LogP contribution in [-0.2, 0) is 10.0 Å². The lowest BCUT2D eigenvalue weighted by Gasteiger charge is -2.29. The van der Waals surface area contributed by atoms with Gasteiger partial charge in [0.1, 0.15) is 0 Å². The first-order valence-corrected chi connectivity index (χ1v) is 7.62. The first-order valence-electron chi connectivity index (χ1n) is 5.97. The van der Waals surface area contributed by atoms with Gasteiger partial charge in [0.05, 0.1) is 11.8 Å². The van der Waals surface area contributed by atoms with Gasteiger partial charge in [0.25, 0.3) is 0 Å². The molecule has 0 aromatic rings. The van der Waals surface area contributed by atoms with E-state index >= 15 is 0 Å². The van der Waals surface area contributed by atoms with E-state index in [9.17, 15) is 8.42 Å². The average Bonchev–Trinajstić information content (AvgIpc) is 2.36. The van der Waals surface area contributed by atoms with E-state index in [0.29, 0.717) is 0 Å². The molecule has 0 aromatic carbocycles. The summed E-state index contributed by atoms with van der Waals surface area (Å²) in [5, 5.41) is 11.7. The molecule has 1 aliphatic carbocycles. The summed E-state index contributed by atoms with van der Waals surface area (Å²) in [5.41, 5.74) is 5.58. The highest BCUT2D eigenvalue weighted by Gasteiger charge is 2.30. The Balaban J connectivity index is 2.80. The molecule has 1 aliphatic rings. The highest BCUT2D eigenvalue weighted by Crippen LogP contribution is 2.27. The standard InChI is InChI=1S/C10H21N3O3S/c1-2-17(15,16)13-9(10(11)12-14)8-6-4-3-5-7-8/h8-9,13-14H,2-7H2,1H3,(H2,11,12). The van der Waals surface area contributed by atoms with E-state index in [0.717, 1.165) is 25.7 Å². The topological polar surface area (TPSA) is 105 Å². The molecule has 0 bridgehead atoms. The minimum atomic E-state index is -3.35. The average molecular weight is 263 g/mol. The Hall–Kier alpha value is -0.820. The Kier molecular flexibility index (Phi) is 5.20. The molecule has 4 N–H and O–H groups in total. The van der Waals surface area contributed by atoms with Crippen molar-refractivity contribution in [3.63, 3.8) is 0 Å².